The van der Waals surface area contributed by atoms with Crippen LogP contribution in [0.2, 0.25) is 0 Å². The van der Waals surface area contributed by atoms with Crippen LogP contribution in [-0.4, -0.2) is 22.8 Å². The van der Waals surface area contributed by atoms with E-state index in [0.717, 1.165) is 16.1 Å². The van der Waals surface area contributed by atoms with E-state index in [4.69, 9.17) is 0 Å². The monoisotopic (exact) mass is 308 g/mol. The number of benzene rings is 2. The number of rotatable bonds is 4. The summed E-state index contributed by atoms with van der Waals surface area (Å²) in [4.78, 5) is 18.6. The van der Waals surface area contributed by atoms with Crippen LogP contribution in [0.5, 0.6) is 0 Å². The standard InChI is InChI=1S/C18H16N2OS/c1-20(13-14-6-3-2-4-7-14)18(21)16-9-5-8-15(12-16)17-19-10-11-22-17/h2-12H,13H2,1H3. The summed E-state index contributed by atoms with van der Waals surface area (Å²) in [5, 5.41) is 2.87. The van der Waals surface area contributed by atoms with Gasteiger partial charge in [0, 0.05) is 36.3 Å². The zero-order valence-corrected chi connectivity index (χ0v) is 13.1. The maximum absolute atomic E-state index is 12.6. The second-order valence-electron chi connectivity index (χ2n) is 5.06. The quantitative estimate of drug-likeness (QED) is 0.727. The number of nitrogens with zero attached hydrogens (tertiary/aromatic N) is 2. The van der Waals surface area contributed by atoms with Crippen LogP contribution >= 0.6 is 11.3 Å². The first-order chi connectivity index (χ1) is 10.7. The van der Waals surface area contributed by atoms with Gasteiger partial charge in [-0.1, -0.05) is 42.5 Å². The fraction of sp³-hybridized carbons (Fsp3) is 0.111. The van der Waals surface area contributed by atoms with Gasteiger partial charge >= 0.3 is 0 Å². The largest absolute Gasteiger partial charge is 0.337 e. The Labute approximate surface area is 133 Å². The van der Waals surface area contributed by atoms with E-state index >= 15 is 0 Å². The maximum atomic E-state index is 12.6. The molecule has 0 saturated heterocycles. The molecule has 0 unspecified atom stereocenters. The Morgan fingerprint density at radius 2 is 1.95 bits per heavy atom. The molecule has 0 N–H and O–H groups in total. The van der Waals surface area contributed by atoms with E-state index in [1.807, 2.05) is 67.0 Å². The van der Waals surface area contributed by atoms with Crippen LogP contribution in [0.1, 0.15) is 15.9 Å². The lowest BCUT2D eigenvalue weighted by Gasteiger charge is -2.17. The topological polar surface area (TPSA) is 33.2 Å². The minimum absolute atomic E-state index is 0.0160. The smallest absolute Gasteiger partial charge is 0.253 e. The van der Waals surface area contributed by atoms with E-state index < -0.39 is 0 Å². The van der Waals surface area contributed by atoms with Crippen molar-refractivity contribution in [3.63, 3.8) is 0 Å². The summed E-state index contributed by atoms with van der Waals surface area (Å²) in [6.07, 6.45) is 1.77. The molecular formula is C18H16N2OS. The van der Waals surface area contributed by atoms with Crippen molar-refractivity contribution in [2.24, 2.45) is 0 Å². The minimum Gasteiger partial charge on any atom is -0.337 e. The molecule has 110 valence electrons. The van der Waals surface area contributed by atoms with E-state index in [-0.39, 0.29) is 5.91 Å². The van der Waals surface area contributed by atoms with Gasteiger partial charge in [-0.25, -0.2) is 4.98 Å². The molecule has 4 heteroatoms. The van der Waals surface area contributed by atoms with Crippen molar-refractivity contribution in [1.82, 2.24) is 9.88 Å². The highest BCUT2D eigenvalue weighted by Crippen LogP contribution is 2.23. The molecule has 0 aliphatic carbocycles. The molecule has 3 rings (SSSR count). The Morgan fingerprint density at radius 1 is 1.14 bits per heavy atom. The molecule has 1 amide bonds. The van der Waals surface area contributed by atoms with Gasteiger partial charge in [0.1, 0.15) is 5.01 Å². The van der Waals surface area contributed by atoms with Gasteiger partial charge in [-0.3, -0.25) is 4.79 Å². The Balaban J connectivity index is 1.78. The van der Waals surface area contributed by atoms with Crippen molar-refractivity contribution >= 4 is 17.2 Å². The van der Waals surface area contributed by atoms with E-state index in [0.29, 0.717) is 12.1 Å². The highest BCUT2D eigenvalue weighted by atomic mass is 32.1. The van der Waals surface area contributed by atoms with Crippen LogP contribution in [0.3, 0.4) is 0 Å². The lowest BCUT2D eigenvalue weighted by Crippen LogP contribution is -2.26. The lowest BCUT2D eigenvalue weighted by molar-refractivity contribution is 0.0785. The third-order valence-corrected chi connectivity index (χ3v) is 4.22. The molecule has 0 aliphatic rings. The normalized spacial score (nSPS) is 10.4. The zero-order valence-electron chi connectivity index (χ0n) is 12.3. The third kappa shape index (κ3) is 3.23. The molecule has 0 spiro atoms. The third-order valence-electron chi connectivity index (χ3n) is 3.40. The summed E-state index contributed by atoms with van der Waals surface area (Å²) in [5.74, 6) is 0.0160. The molecule has 1 heterocycles. The van der Waals surface area contributed by atoms with Crippen molar-refractivity contribution in [2.45, 2.75) is 6.54 Å². The molecule has 0 radical (unpaired) electrons. The Kier molecular flexibility index (Phi) is 4.30. The van der Waals surface area contributed by atoms with Gasteiger partial charge < -0.3 is 4.90 Å². The number of aromatic nitrogens is 1. The molecule has 0 bridgehead atoms. The molecule has 0 fully saturated rings. The van der Waals surface area contributed by atoms with Crippen molar-refractivity contribution in [3.8, 4) is 10.6 Å². The number of hydrogen-bond acceptors (Lipinski definition) is 3. The van der Waals surface area contributed by atoms with E-state index in [1.165, 1.54) is 0 Å². The molecule has 3 nitrogen and oxygen atoms in total. The van der Waals surface area contributed by atoms with Gasteiger partial charge in [-0.05, 0) is 17.7 Å². The fourth-order valence-corrected chi connectivity index (χ4v) is 2.94. The molecule has 22 heavy (non-hydrogen) atoms. The molecule has 2 aromatic carbocycles. The van der Waals surface area contributed by atoms with Crippen molar-refractivity contribution in [1.29, 1.82) is 0 Å². The van der Waals surface area contributed by atoms with Crippen molar-refractivity contribution in [3.05, 3.63) is 77.3 Å². The first kappa shape index (κ1) is 14.5. The maximum Gasteiger partial charge on any atom is 0.253 e. The molecule has 3 aromatic rings. The lowest BCUT2D eigenvalue weighted by atomic mass is 10.1. The van der Waals surface area contributed by atoms with Crippen LogP contribution in [0.4, 0.5) is 0 Å². The molecule has 0 saturated carbocycles. The van der Waals surface area contributed by atoms with Gasteiger partial charge in [-0.15, -0.1) is 11.3 Å². The molecule has 1 aromatic heterocycles. The molecule has 0 aliphatic heterocycles. The molecular weight excluding hydrogens is 292 g/mol. The molecule has 0 atom stereocenters. The summed E-state index contributed by atoms with van der Waals surface area (Å²) >= 11 is 1.57. The Hall–Kier alpha value is -2.46. The van der Waals surface area contributed by atoms with Gasteiger partial charge in [0.15, 0.2) is 0 Å². The first-order valence-corrected chi connectivity index (χ1v) is 7.91. The first-order valence-electron chi connectivity index (χ1n) is 7.03. The van der Waals surface area contributed by atoms with Gasteiger partial charge in [-0.2, -0.15) is 0 Å². The Morgan fingerprint density at radius 3 is 2.68 bits per heavy atom. The van der Waals surface area contributed by atoms with Gasteiger partial charge in [0.25, 0.3) is 5.91 Å². The number of hydrogen-bond donors (Lipinski definition) is 0. The zero-order chi connectivity index (χ0) is 15.4. The fourth-order valence-electron chi connectivity index (χ4n) is 2.30. The Bertz CT molecular complexity index is 754. The van der Waals surface area contributed by atoms with Crippen molar-refractivity contribution in [2.75, 3.05) is 7.05 Å². The summed E-state index contributed by atoms with van der Waals surface area (Å²) in [6, 6.07) is 17.6. The van der Waals surface area contributed by atoms with Gasteiger partial charge in [0.2, 0.25) is 0 Å². The van der Waals surface area contributed by atoms with Crippen LogP contribution in [-0.2, 0) is 6.54 Å². The summed E-state index contributed by atoms with van der Waals surface area (Å²) in [7, 11) is 1.82. The number of carbonyl (C=O) groups excluding carboxylic acids is 1. The van der Waals surface area contributed by atoms with E-state index in [9.17, 15) is 4.79 Å². The summed E-state index contributed by atoms with van der Waals surface area (Å²) in [5.41, 5.74) is 2.79. The number of thiazole rings is 1. The van der Waals surface area contributed by atoms with Crippen LogP contribution in [0.15, 0.2) is 66.2 Å². The highest BCUT2D eigenvalue weighted by Gasteiger charge is 2.13. The predicted octanol–water partition coefficient (Wildman–Crippen LogP) is 4.08. The van der Waals surface area contributed by atoms with E-state index in [2.05, 4.69) is 4.98 Å². The second-order valence-corrected chi connectivity index (χ2v) is 5.96. The van der Waals surface area contributed by atoms with Gasteiger partial charge in [0.05, 0.1) is 0 Å². The van der Waals surface area contributed by atoms with Crippen molar-refractivity contribution < 1.29 is 4.79 Å². The number of amides is 1. The number of carbonyl (C=O) groups is 1. The van der Waals surface area contributed by atoms with Crippen LogP contribution < -0.4 is 0 Å². The highest BCUT2D eigenvalue weighted by molar-refractivity contribution is 7.13. The average Bonchev–Trinajstić information content (AvgIpc) is 3.10. The second kappa shape index (κ2) is 6.54. The van der Waals surface area contributed by atoms with E-state index in [1.54, 1.807) is 22.4 Å². The van der Waals surface area contributed by atoms with Crippen LogP contribution in [0, 0.1) is 0 Å². The summed E-state index contributed by atoms with van der Waals surface area (Å²) < 4.78 is 0. The van der Waals surface area contributed by atoms with Crippen LogP contribution in [0.25, 0.3) is 10.6 Å². The SMILES string of the molecule is CN(Cc1ccccc1)C(=O)c1cccc(-c2nccs2)c1. The minimum atomic E-state index is 0.0160. The summed E-state index contributed by atoms with van der Waals surface area (Å²) in [6.45, 7) is 0.598. The predicted molar refractivity (Wildman–Crippen MR) is 89.8 cm³/mol. The average molecular weight is 308 g/mol.